The van der Waals surface area contributed by atoms with Crippen LogP contribution in [0.15, 0.2) is 24.3 Å². The first-order valence-electron chi connectivity index (χ1n) is 8.92. The maximum Gasteiger partial charge on any atom is 0.226 e. The molecule has 2 heterocycles. The molecule has 1 amide bonds. The quantitative estimate of drug-likeness (QED) is 0.801. The second kappa shape index (κ2) is 6.56. The molecular formula is C18H23ClN2O3S. The Bertz CT molecular complexity index is 761. The van der Waals surface area contributed by atoms with E-state index in [0.717, 1.165) is 31.4 Å². The van der Waals surface area contributed by atoms with Crippen molar-refractivity contribution in [3.8, 4) is 0 Å². The summed E-state index contributed by atoms with van der Waals surface area (Å²) in [5.41, 5.74) is 1.12. The summed E-state index contributed by atoms with van der Waals surface area (Å²) in [6, 6.07) is 7.38. The van der Waals surface area contributed by atoms with Crippen LogP contribution in [0, 0.1) is 5.92 Å². The third-order valence-electron chi connectivity index (χ3n) is 5.83. The summed E-state index contributed by atoms with van der Waals surface area (Å²) in [4.78, 5) is 16.8. The van der Waals surface area contributed by atoms with Crippen molar-refractivity contribution in [1.82, 2.24) is 9.80 Å². The van der Waals surface area contributed by atoms with E-state index in [-0.39, 0.29) is 35.4 Å². The lowest BCUT2D eigenvalue weighted by atomic mass is 9.83. The molecule has 25 heavy (non-hydrogen) atoms. The van der Waals surface area contributed by atoms with Gasteiger partial charge < -0.3 is 4.90 Å². The average Bonchev–Trinajstić information content (AvgIpc) is 2.83. The van der Waals surface area contributed by atoms with Gasteiger partial charge >= 0.3 is 0 Å². The topological polar surface area (TPSA) is 57.7 Å². The van der Waals surface area contributed by atoms with Gasteiger partial charge in [0, 0.05) is 36.6 Å². The SMILES string of the molecule is O=C(C1CCC1)N1CCN(Cc2ccc(Cl)cc2)[C@@H]2CS(=O)(=O)C[C@@H]21. The first-order chi connectivity index (χ1) is 11.9. The second-order valence-corrected chi connectivity index (χ2v) is 10.1. The van der Waals surface area contributed by atoms with Crippen molar-refractivity contribution < 1.29 is 13.2 Å². The lowest BCUT2D eigenvalue weighted by Gasteiger charge is -2.45. The van der Waals surface area contributed by atoms with E-state index in [0.29, 0.717) is 18.1 Å². The van der Waals surface area contributed by atoms with Crippen LogP contribution >= 0.6 is 11.6 Å². The van der Waals surface area contributed by atoms with Crippen LogP contribution < -0.4 is 0 Å². The number of fused-ring (bicyclic) bond motifs is 1. The summed E-state index contributed by atoms with van der Waals surface area (Å²) in [6.07, 6.45) is 3.02. The molecule has 1 saturated carbocycles. The van der Waals surface area contributed by atoms with Gasteiger partial charge in [-0.3, -0.25) is 9.69 Å². The predicted molar refractivity (Wildman–Crippen MR) is 97.1 cm³/mol. The van der Waals surface area contributed by atoms with Crippen LogP contribution in [0.4, 0.5) is 0 Å². The third-order valence-corrected chi connectivity index (χ3v) is 7.78. The van der Waals surface area contributed by atoms with E-state index in [2.05, 4.69) is 4.90 Å². The van der Waals surface area contributed by atoms with Gasteiger partial charge in [-0.15, -0.1) is 0 Å². The highest BCUT2D eigenvalue weighted by atomic mass is 35.5. The van der Waals surface area contributed by atoms with Crippen molar-refractivity contribution in [3.63, 3.8) is 0 Å². The Balaban J connectivity index is 1.53. The fourth-order valence-electron chi connectivity index (χ4n) is 4.21. The summed E-state index contributed by atoms with van der Waals surface area (Å²) in [6.45, 7) is 2.04. The van der Waals surface area contributed by atoms with Crippen molar-refractivity contribution in [2.24, 2.45) is 5.92 Å². The molecule has 4 rings (SSSR count). The molecule has 1 aromatic carbocycles. The molecule has 0 unspecified atom stereocenters. The number of nitrogens with zero attached hydrogens (tertiary/aromatic N) is 2. The normalized spacial score (nSPS) is 29.2. The molecule has 1 aromatic rings. The van der Waals surface area contributed by atoms with Gasteiger partial charge in [0.05, 0.1) is 17.5 Å². The van der Waals surface area contributed by atoms with Crippen LogP contribution in [-0.4, -0.2) is 60.8 Å². The standard InChI is InChI=1S/C18H23ClN2O3S/c19-15-6-4-13(5-7-15)10-20-8-9-21(18(22)14-2-1-3-14)17-12-25(23,24)11-16(17)20/h4-7,14,16-17H,1-3,8-12H2/t16-,17+/m1/s1. The van der Waals surface area contributed by atoms with Gasteiger partial charge in [0.2, 0.25) is 5.91 Å². The molecule has 7 heteroatoms. The molecule has 0 N–H and O–H groups in total. The number of carbonyl (C=O) groups is 1. The zero-order valence-electron chi connectivity index (χ0n) is 14.1. The summed E-state index contributed by atoms with van der Waals surface area (Å²) in [5.74, 6) is 0.545. The molecule has 0 radical (unpaired) electrons. The highest BCUT2D eigenvalue weighted by molar-refractivity contribution is 7.91. The van der Waals surface area contributed by atoms with Crippen LogP contribution in [0.5, 0.6) is 0 Å². The van der Waals surface area contributed by atoms with Gasteiger partial charge in [-0.1, -0.05) is 30.2 Å². The Morgan fingerprint density at radius 2 is 1.76 bits per heavy atom. The Morgan fingerprint density at radius 1 is 1.08 bits per heavy atom. The molecule has 136 valence electrons. The van der Waals surface area contributed by atoms with Crippen molar-refractivity contribution in [3.05, 3.63) is 34.9 Å². The number of carbonyl (C=O) groups excluding carboxylic acids is 1. The third kappa shape index (κ3) is 3.44. The lowest BCUT2D eigenvalue weighted by Crippen LogP contribution is -2.61. The molecule has 0 spiro atoms. The van der Waals surface area contributed by atoms with Gasteiger partial charge in [0.25, 0.3) is 0 Å². The molecule has 5 nitrogen and oxygen atoms in total. The minimum atomic E-state index is -3.10. The summed E-state index contributed by atoms with van der Waals surface area (Å²) in [5, 5.41) is 0.695. The lowest BCUT2D eigenvalue weighted by molar-refractivity contribution is -0.144. The van der Waals surface area contributed by atoms with Crippen molar-refractivity contribution in [1.29, 1.82) is 0 Å². The maximum absolute atomic E-state index is 12.7. The minimum Gasteiger partial charge on any atom is -0.336 e. The van der Waals surface area contributed by atoms with Crippen LogP contribution in [0.3, 0.4) is 0 Å². The van der Waals surface area contributed by atoms with E-state index < -0.39 is 9.84 Å². The van der Waals surface area contributed by atoms with Gasteiger partial charge in [-0.05, 0) is 30.5 Å². The number of sulfone groups is 1. The Hall–Kier alpha value is -1.11. The number of hydrogen-bond acceptors (Lipinski definition) is 4. The first-order valence-corrected chi connectivity index (χ1v) is 11.1. The molecule has 2 atom stereocenters. The summed E-state index contributed by atoms with van der Waals surface area (Å²) < 4.78 is 24.6. The van der Waals surface area contributed by atoms with Crippen LogP contribution in [0.2, 0.25) is 5.02 Å². The Kier molecular flexibility index (Phi) is 4.54. The van der Waals surface area contributed by atoms with E-state index in [9.17, 15) is 13.2 Å². The Morgan fingerprint density at radius 3 is 2.40 bits per heavy atom. The number of rotatable bonds is 3. The Labute approximate surface area is 153 Å². The molecule has 0 aromatic heterocycles. The van der Waals surface area contributed by atoms with E-state index in [1.807, 2.05) is 29.2 Å². The predicted octanol–water partition coefficient (Wildman–Crippen LogP) is 1.95. The average molecular weight is 383 g/mol. The first kappa shape index (κ1) is 17.3. The molecule has 2 saturated heterocycles. The zero-order chi connectivity index (χ0) is 17.6. The highest BCUT2D eigenvalue weighted by Gasteiger charge is 2.49. The van der Waals surface area contributed by atoms with Crippen molar-refractivity contribution in [2.75, 3.05) is 24.6 Å². The van der Waals surface area contributed by atoms with Crippen LogP contribution in [0.25, 0.3) is 0 Å². The summed E-state index contributed by atoms with van der Waals surface area (Å²) >= 11 is 5.95. The smallest absolute Gasteiger partial charge is 0.226 e. The van der Waals surface area contributed by atoms with Gasteiger partial charge in [0.15, 0.2) is 9.84 Å². The molecule has 3 aliphatic rings. The monoisotopic (exact) mass is 382 g/mol. The number of amides is 1. The highest BCUT2D eigenvalue weighted by Crippen LogP contribution is 2.34. The number of benzene rings is 1. The number of hydrogen-bond donors (Lipinski definition) is 0. The molecule has 3 fully saturated rings. The van der Waals surface area contributed by atoms with E-state index >= 15 is 0 Å². The number of piperazine rings is 1. The summed E-state index contributed by atoms with van der Waals surface area (Å²) in [7, 11) is -3.10. The molecule has 2 aliphatic heterocycles. The van der Waals surface area contributed by atoms with Gasteiger partial charge in [0.1, 0.15) is 0 Å². The maximum atomic E-state index is 12.7. The minimum absolute atomic E-state index is 0.0987. The van der Waals surface area contributed by atoms with Crippen molar-refractivity contribution in [2.45, 2.75) is 37.9 Å². The van der Waals surface area contributed by atoms with Gasteiger partial charge in [-0.2, -0.15) is 0 Å². The molecule has 0 bridgehead atoms. The second-order valence-electron chi connectivity index (χ2n) is 7.47. The van der Waals surface area contributed by atoms with Gasteiger partial charge in [-0.25, -0.2) is 8.42 Å². The molecular weight excluding hydrogens is 360 g/mol. The number of halogens is 1. The zero-order valence-corrected chi connectivity index (χ0v) is 15.7. The fraction of sp³-hybridized carbons (Fsp3) is 0.611. The van der Waals surface area contributed by atoms with E-state index in [4.69, 9.17) is 11.6 Å². The van der Waals surface area contributed by atoms with Crippen LogP contribution in [0.1, 0.15) is 24.8 Å². The van der Waals surface area contributed by atoms with E-state index in [1.54, 1.807) is 0 Å². The molecule has 1 aliphatic carbocycles. The van der Waals surface area contributed by atoms with Crippen molar-refractivity contribution >= 4 is 27.3 Å². The van der Waals surface area contributed by atoms with E-state index in [1.165, 1.54) is 0 Å². The van der Waals surface area contributed by atoms with Crippen LogP contribution in [-0.2, 0) is 21.2 Å². The largest absolute Gasteiger partial charge is 0.336 e. The fourth-order valence-corrected chi connectivity index (χ4v) is 6.35.